The molecule has 0 spiro atoms. The summed E-state index contributed by atoms with van der Waals surface area (Å²) < 4.78 is 10.6. The molecule has 0 fully saturated rings. The van der Waals surface area contributed by atoms with Crippen LogP contribution < -0.4 is 5.32 Å². The van der Waals surface area contributed by atoms with Crippen molar-refractivity contribution in [2.24, 2.45) is 11.3 Å². The highest BCUT2D eigenvalue weighted by Gasteiger charge is 2.34. The second-order valence-electron chi connectivity index (χ2n) is 7.56. The van der Waals surface area contributed by atoms with Crippen molar-refractivity contribution < 1.29 is 13.8 Å². The molecule has 6 heteroatoms. The van der Waals surface area contributed by atoms with Crippen LogP contribution in [-0.2, 0) is 25.8 Å². The van der Waals surface area contributed by atoms with Gasteiger partial charge in [-0.05, 0) is 30.6 Å². The molecule has 2 heterocycles. The van der Waals surface area contributed by atoms with Gasteiger partial charge in [0.1, 0.15) is 5.76 Å². The Hall–Kier alpha value is -2.11. The van der Waals surface area contributed by atoms with Gasteiger partial charge >= 0.3 is 0 Å². The number of carbonyl (C=O) groups is 1. The number of rotatable bonds is 4. The summed E-state index contributed by atoms with van der Waals surface area (Å²) in [5.41, 5.74) is 2.46. The van der Waals surface area contributed by atoms with Gasteiger partial charge in [0.25, 0.3) is 5.91 Å². The molecule has 3 rings (SSSR count). The topological polar surface area (TPSA) is 81.2 Å². The molecule has 1 amide bonds. The van der Waals surface area contributed by atoms with Crippen LogP contribution >= 0.6 is 0 Å². The second-order valence-corrected chi connectivity index (χ2v) is 7.56. The van der Waals surface area contributed by atoms with E-state index in [4.69, 9.17) is 9.05 Å². The van der Waals surface area contributed by atoms with E-state index in [1.54, 1.807) is 0 Å². The van der Waals surface area contributed by atoms with Crippen molar-refractivity contribution in [1.82, 2.24) is 15.6 Å². The Bertz CT molecular complexity index is 724. The SMILES string of the molecule is CCc1cc(CNC(=O)c2noc3c2C[C@@H](C(C)(C)C)CC3)on1. The number of carbonyl (C=O) groups excluding carboxylic acids is 1. The fourth-order valence-electron chi connectivity index (χ4n) is 3.18. The first kappa shape index (κ1) is 16.7. The van der Waals surface area contributed by atoms with E-state index >= 15 is 0 Å². The zero-order chi connectivity index (χ0) is 17.3. The molecule has 6 nitrogen and oxygen atoms in total. The molecule has 0 saturated heterocycles. The van der Waals surface area contributed by atoms with Crippen LogP contribution in [-0.4, -0.2) is 16.2 Å². The Kier molecular flexibility index (Phi) is 4.47. The molecule has 1 aliphatic carbocycles. The third kappa shape index (κ3) is 3.37. The zero-order valence-electron chi connectivity index (χ0n) is 14.8. The maximum atomic E-state index is 12.5. The summed E-state index contributed by atoms with van der Waals surface area (Å²) in [6.07, 6.45) is 3.57. The van der Waals surface area contributed by atoms with Crippen LogP contribution in [0.3, 0.4) is 0 Å². The van der Waals surface area contributed by atoms with Crippen LogP contribution in [0.4, 0.5) is 0 Å². The maximum Gasteiger partial charge on any atom is 0.274 e. The van der Waals surface area contributed by atoms with E-state index < -0.39 is 0 Å². The van der Waals surface area contributed by atoms with Gasteiger partial charge in [-0.1, -0.05) is 38.0 Å². The molecule has 1 atom stereocenters. The van der Waals surface area contributed by atoms with Gasteiger partial charge in [-0.15, -0.1) is 0 Å². The summed E-state index contributed by atoms with van der Waals surface area (Å²) in [5.74, 6) is 1.81. The number of amides is 1. The van der Waals surface area contributed by atoms with E-state index in [-0.39, 0.29) is 11.3 Å². The highest BCUT2D eigenvalue weighted by molar-refractivity contribution is 5.93. The summed E-state index contributed by atoms with van der Waals surface area (Å²) >= 11 is 0. The zero-order valence-corrected chi connectivity index (χ0v) is 14.8. The average Bonchev–Trinajstić information content (AvgIpc) is 3.17. The largest absolute Gasteiger partial charge is 0.360 e. The predicted molar refractivity (Wildman–Crippen MR) is 88.5 cm³/mol. The number of nitrogens with zero attached hydrogens (tertiary/aromatic N) is 2. The molecule has 0 aliphatic heterocycles. The van der Waals surface area contributed by atoms with E-state index in [0.717, 1.165) is 42.7 Å². The first-order valence-electron chi connectivity index (χ1n) is 8.58. The van der Waals surface area contributed by atoms with E-state index in [2.05, 4.69) is 36.4 Å². The molecule has 1 N–H and O–H groups in total. The predicted octanol–water partition coefficient (Wildman–Crippen LogP) is 3.31. The van der Waals surface area contributed by atoms with Gasteiger partial charge in [-0.2, -0.15) is 0 Å². The van der Waals surface area contributed by atoms with E-state index in [1.165, 1.54) is 0 Å². The van der Waals surface area contributed by atoms with E-state index in [1.807, 2.05) is 13.0 Å². The number of fused-ring (bicyclic) bond motifs is 1. The van der Waals surface area contributed by atoms with Crippen LogP contribution in [0.15, 0.2) is 15.1 Å². The molecule has 0 unspecified atom stereocenters. The maximum absolute atomic E-state index is 12.5. The summed E-state index contributed by atoms with van der Waals surface area (Å²) in [7, 11) is 0. The lowest BCUT2D eigenvalue weighted by atomic mass is 9.71. The van der Waals surface area contributed by atoms with Crippen LogP contribution in [0.5, 0.6) is 0 Å². The number of nitrogens with one attached hydrogen (secondary N) is 1. The van der Waals surface area contributed by atoms with Gasteiger partial charge < -0.3 is 14.4 Å². The molecule has 0 bridgehead atoms. The molecular weight excluding hydrogens is 306 g/mol. The van der Waals surface area contributed by atoms with Gasteiger partial charge in [0.15, 0.2) is 11.5 Å². The van der Waals surface area contributed by atoms with Crippen molar-refractivity contribution in [3.05, 3.63) is 34.5 Å². The third-order valence-corrected chi connectivity index (χ3v) is 4.87. The lowest BCUT2D eigenvalue weighted by Gasteiger charge is -2.33. The number of hydrogen-bond acceptors (Lipinski definition) is 5. The van der Waals surface area contributed by atoms with E-state index in [0.29, 0.717) is 23.9 Å². The summed E-state index contributed by atoms with van der Waals surface area (Å²) in [6.45, 7) is 9.03. The Balaban J connectivity index is 1.69. The van der Waals surface area contributed by atoms with Gasteiger partial charge in [0.05, 0.1) is 12.2 Å². The highest BCUT2D eigenvalue weighted by atomic mass is 16.5. The van der Waals surface area contributed by atoms with E-state index in [9.17, 15) is 4.79 Å². The molecule has 130 valence electrons. The summed E-state index contributed by atoms with van der Waals surface area (Å²) in [5, 5.41) is 10.8. The Labute approximate surface area is 142 Å². The van der Waals surface area contributed by atoms with Crippen molar-refractivity contribution in [3.63, 3.8) is 0 Å². The standard InChI is InChI=1S/C18H25N3O3/c1-5-12-9-13(23-20-12)10-19-17(22)16-14-8-11(18(2,3)4)6-7-15(14)24-21-16/h9,11H,5-8,10H2,1-4H3,(H,19,22)/t11-/m0/s1. The first-order valence-corrected chi connectivity index (χ1v) is 8.58. The minimum atomic E-state index is -0.219. The number of aryl methyl sites for hydroxylation is 2. The quantitative estimate of drug-likeness (QED) is 0.929. The highest BCUT2D eigenvalue weighted by Crippen LogP contribution is 2.38. The van der Waals surface area contributed by atoms with Crippen molar-refractivity contribution >= 4 is 5.91 Å². The Morgan fingerprint density at radius 3 is 2.79 bits per heavy atom. The van der Waals surface area contributed by atoms with Gasteiger partial charge in [0, 0.05) is 18.1 Å². The minimum absolute atomic E-state index is 0.207. The first-order chi connectivity index (χ1) is 11.4. The van der Waals surface area contributed by atoms with Crippen molar-refractivity contribution in [1.29, 1.82) is 0 Å². The normalized spacial score (nSPS) is 17.6. The molecule has 0 aromatic carbocycles. The van der Waals surface area contributed by atoms with Crippen molar-refractivity contribution in [2.45, 2.75) is 59.9 Å². The molecule has 1 aliphatic rings. The Morgan fingerprint density at radius 2 is 2.12 bits per heavy atom. The fourth-order valence-corrected chi connectivity index (χ4v) is 3.18. The summed E-state index contributed by atoms with van der Waals surface area (Å²) in [4.78, 5) is 12.5. The lowest BCUT2D eigenvalue weighted by molar-refractivity contribution is 0.0936. The van der Waals surface area contributed by atoms with Crippen LogP contribution in [0, 0.1) is 11.3 Å². The van der Waals surface area contributed by atoms with Crippen LogP contribution in [0.2, 0.25) is 0 Å². The summed E-state index contributed by atoms with van der Waals surface area (Å²) in [6, 6.07) is 1.86. The molecule has 2 aromatic heterocycles. The molecule has 0 radical (unpaired) electrons. The molecular formula is C18H25N3O3. The van der Waals surface area contributed by atoms with Crippen molar-refractivity contribution in [2.75, 3.05) is 0 Å². The van der Waals surface area contributed by atoms with Gasteiger partial charge in [0.2, 0.25) is 0 Å². The van der Waals surface area contributed by atoms with Gasteiger partial charge in [-0.3, -0.25) is 4.79 Å². The lowest BCUT2D eigenvalue weighted by Crippen LogP contribution is -2.29. The Morgan fingerprint density at radius 1 is 1.33 bits per heavy atom. The van der Waals surface area contributed by atoms with Crippen molar-refractivity contribution in [3.8, 4) is 0 Å². The number of aromatic nitrogens is 2. The molecule has 2 aromatic rings. The van der Waals surface area contributed by atoms with Gasteiger partial charge in [-0.25, -0.2) is 0 Å². The third-order valence-electron chi connectivity index (χ3n) is 4.87. The van der Waals surface area contributed by atoms with Crippen LogP contribution in [0.25, 0.3) is 0 Å². The average molecular weight is 331 g/mol. The van der Waals surface area contributed by atoms with Crippen LogP contribution in [0.1, 0.15) is 67.4 Å². The fraction of sp³-hybridized carbons (Fsp3) is 0.611. The number of hydrogen-bond donors (Lipinski definition) is 1. The second kappa shape index (κ2) is 6.42. The minimum Gasteiger partial charge on any atom is -0.360 e. The molecule has 0 saturated carbocycles. The monoisotopic (exact) mass is 331 g/mol. The smallest absolute Gasteiger partial charge is 0.274 e. The molecule has 24 heavy (non-hydrogen) atoms.